The van der Waals surface area contributed by atoms with Gasteiger partial charge in [-0.1, -0.05) is 20.8 Å². The van der Waals surface area contributed by atoms with Crippen molar-refractivity contribution in [3.05, 3.63) is 18.0 Å². The van der Waals surface area contributed by atoms with E-state index in [9.17, 15) is 18.0 Å². The van der Waals surface area contributed by atoms with Crippen LogP contribution in [-0.2, 0) is 10.9 Å². The molecule has 0 N–H and O–H groups in total. The molecule has 4 rings (SSSR count). The van der Waals surface area contributed by atoms with Crippen molar-refractivity contribution in [1.29, 1.82) is 0 Å². The highest BCUT2D eigenvalue weighted by molar-refractivity contribution is 5.69. The summed E-state index contributed by atoms with van der Waals surface area (Å²) in [5.74, 6) is 0.238. The van der Waals surface area contributed by atoms with Gasteiger partial charge in [0.2, 0.25) is 5.95 Å². The molecule has 3 fully saturated rings. The van der Waals surface area contributed by atoms with Gasteiger partial charge in [-0.25, -0.2) is 14.8 Å². The summed E-state index contributed by atoms with van der Waals surface area (Å²) in [6.07, 6.45) is -0.179. The molecule has 2 saturated heterocycles. The molecule has 1 aromatic heterocycles. The summed E-state index contributed by atoms with van der Waals surface area (Å²) >= 11 is 0. The monoisotopic (exact) mass is 483 g/mol. The molecule has 0 unspecified atom stereocenters. The Balaban J connectivity index is 1.24. The lowest BCUT2D eigenvalue weighted by atomic mass is 9.61. The van der Waals surface area contributed by atoms with E-state index in [-0.39, 0.29) is 30.2 Å². The number of alkyl halides is 3. The molecule has 2 atom stereocenters. The van der Waals surface area contributed by atoms with Crippen molar-refractivity contribution in [3.8, 4) is 0 Å². The zero-order valence-electron chi connectivity index (χ0n) is 20.7. The summed E-state index contributed by atoms with van der Waals surface area (Å²) in [7, 11) is 0. The van der Waals surface area contributed by atoms with E-state index in [4.69, 9.17) is 4.74 Å². The zero-order chi connectivity index (χ0) is 24.9. The van der Waals surface area contributed by atoms with Crippen LogP contribution in [0.25, 0.3) is 0 Å². The van der Waals surface area contributed by atoms with Gasteiger partial charge in [0, 0.05) is 44.0 Å². The fourth-order valence-electron chi connectivity index (χ4n) is 5.48. The molecule has 0 bridgehead atoms. The number of ether oxygens (including phenoxy) is 1. The second-order valence-corrected chi connectivity index (χ2v) is 11.7. The zero-order valence-corrected chi connectivity index (χ0v) is 20.7. The minimum Gasteiger partial charge on any atom is -0.446 e. The number of hydrogen-bond donors (Lipinski definition) is 0. The maximum atomic E-state index is 12.9. The van der Waals surface area contributed by atoms with Gasteiger partial charge >= 0.3 is 12.3 Å². The summed E-state index contributed by atoms with van der Waals surface area (Å²) in [6.45, 7) is 14.8. The van der Waals surface area contributed by atoms with E-state index >= 15 is 0 Å². The SMILES string of the molecule is C[C@@H]1CN(c2ncc(C(F)(F)F)cn2)C[C@H](C)N1C(=O)OC1CC2(C1)CN(CCC(C)(C)C)C2. The third kappa shape index (κ3) is 5.42. The van der Waals surface area contributed by atoms with Gasteiger partial charge < -0.3 is 14.5 Å². The predicted octanol–water partition coefficient (Wildman–Crippen LogP) is 4.43. The third-order valence-corrected chi connectivity index (χ3v) is 7.26. The molecule has 0 radical (unpaired) electrons. The number of carbonyl (C=O) groups is 1. The first-order valence-electron chi connectivity index (χ1n) is 12.1. The van der Waals surface area contributed by atoms with E-state index < -0.39 is 11.7 Å². The molecule has 0 aromatic carbocycles. The van der Waals surface area contributed by atoms with E-state index in [2.05, 4.69) is 35.6 Å². The van der Waals surface area contributed by atoms with Gasteiger partial charge in [-0.3, -0.25) is 4.90 Å². The number of hydrogen-bond acceptors (Lipinski definition) is 6. The van der Waals surface area contributed by atoms with Crippen LogP contribution in [0.5, 0.6) is 0 Å². The number of likely N-dealkylation sites (tertiary alicyclic amines) is 1. The Labute approximate surface area is 199 Å². The van der Waals surface area contributed by atoms with E-state index in [1.54, 1.807) is 4.90 Å². The summed E-state index contributed by atoms with van der Waals surface area (Å²) in [5, 5.41) is 0. The van der Waals surface area contributed by atoms with Crippen LogP contribution >= 0.6 is 0 Å². The molecule has 10 heteroatoms. The standard InChI is InChI=1S/C24H36F3N5O2/c1-16-12-31(20-28-10-18(11-29-20)24(25,26)27)13-17(2)32(16)21(33)34-19-8-23(9-19)14-30(15-23)7-6-22(3,4)5/h10-11,16-17,19H,6-9,12-15H2,1-5H3/t16-,17+. The largest absolute Gasteiger partial charge is 0.446 e. The Hall–Kier alpha value is -2.10. The lowest BCUT2D eigenvalue weighted by molar-refractivity contribution is -0.138. The van der Waals surface area contributed by atoms with Gasteiger partial charge in [-0.2, -0.15) is 13.2 Å². The van der Waals surface area contributed by atoms with Crippen LogP contribution in [-0.4, -0.2) is 76.8 Å². The van der Waals surface area contributed by atoms with Crippen LogP contribution in [0.3, 0.4) is 0 Å². The number of aromatic nitrogens is 2. The van der Waals surface area contributed by atoms with Crippen molar-refractivity contribution in [2.24, 2.45) is 10.8 Å². The van der Waals surface area contributed by atoms with Crippen molar-refractivity contribution in [1.82, 2.24) is 19.8 Å². The quantitative estimate of drug-likeness (QED) is 0.632. The molecule has 3 heterocycles. The van der Waals surface area contributed by atoms with Gasteiger partial charge in [0.15, 0.2) is 0 Å². The predicted molar refractivity (Wildman–Crippen MR) is 122 cm³/mol. The number of nitrogens with zero attached hydrogens (tertiary/aromatic N) is 5. The van der Waals surface area contributed by atoms with Gasteiger partial charge in [0.25, 0.3) is 0 Å². The molecule has 190 valence electrons. The molecule has 3 aliphatic rings. The fourth-order valence-corrected chi connectivity index (χ4v) is 5.48. The Morgan fingerprint density at radius 1 is 1.09 bits per heavy atom. The molecule has 1 saturated carbocycles. The van der Waals surface area contributed by atoms with Crippen LogP contribution in [0.15, 0.2) is 12.4 Å². The van der Waals surface area contributed by atoms with Crippen molar-refractivity contribution in [2.75, 3.05) is 37.6 Å². The Bertz CT molecular complexity index is 860. The summed E-state index contributed by atoms with van der Waals surface area (Å²) < 4.78 is 44.2. The van der Waals surface area contributed by atoms with Crippen molar-refractivity contribution in [2.45, 2.75) is 78.2 Å². The maximum absolute atomic E-state index is 12.9. The second-order valence-electron chi connectivity index (χ2n) is 11.7. The van der Waals surface area contributed by atoms with Gasteiger partial charge in [0.05, 0.1) is 17.6 Å². The van der Waals surface area contributed by atoms with Gasteiger partial charge in [0.1, 0.15) is 6.10 Å². The van der Waals surface area contributed by atoms with Crippen molar-refractivity contribution in [3.63, 3.8) is 0 Å². The minimum atomic E-state index is -4.47. The third-order valence-electron chi connectivity index (χ3n) is 7.26. The second kappa shape index (κ2) is 8.84. The van der Waals surface area contributed by atoms with Crippen LogP contribution < -0.4 is 4.90 Å². The normalized spacial score (nSPS) is 25.8. The highest BCUT2D eigenvalue weighted by Gasteiger charge is 2.54. The molecule has 1 aliphatic carbocycles. The molecule has 34 heavy (non-hydrogen) atoms. The number of amides is 1. The van der Waals surface area contributed by atoms with Gasteiger partial charge in [-0.05, 0) is 45.1 Å². The van der Waals surface area contributed by atoms with Crippen LogP contribution in [0.1, 0.15) is 59.4 Å². The number of carbonyl (C=O) groups excluding carboxylic acids is 1. The molecule has 2 aliphatic heterocycles. The smallest absolute Gasteiger partial charge is 0.419 e. The first-order valence-corrected chi connectivity index (χ1v) is 12.1. The summed E-state index contributed by atoms with van der Waals surface area (Å²) in [4.78, 5) is 26.8. The van der Waals surface area contributed by atoms with E-state index in [0.717, 1.165) is 44.9 Å². The molecule has 1 aromatic rings. The fraction of sp³-hybridized carbons (Fsp3) is 0.792. The highest BCUT2D eigenvalue weighted by atomic mass is 19.4. The molecule has 1 spiro atoms. The Morgan fingerprint density at radius 3 is 2.15 bits per heavy atom. The first kappa shape index (κ1) is 25.0. The minimum absolute atomic E-state index is 0.0343. The molecule has 7 nitrogen and oxygen atoms in total. The van der Waals surface area contributed by atoms with Crippen LogP contribution in [0.4, 0.5) is 23.9 Å². The van der Waals surface area contributed by atoms with Crippen LogP contribution in [0, 0.1) is 10.8 Å². The van der Waals surface area contributed by atoms with Crippen molar-refractivity contribution < 1.29 is 22.7 Å². The molecular weight excluding hydrogens is 447 g/mol. The van der Waals surface area contributed by atoms with E-state index in [1.165, 1.54) is 6.42 Å². The first-order chi connectivity index (χ1) is 15.7. The number of anilines is 1. The average Bonchev–Trinajstić information content (AvgIpc) is 2.66. The topological polar surface area (TPSA) is 61.8 Å². The van der Waals surface area contributed by atoms with E-state index in [0.29, 0.717) is 23.9 Å². The lowest BCUT2D eigenvalue weighted by Crippen LogP contribution is -2.65. The maximum Gasteiger partial charge on any atom is 0.419 e. The molecule has 1 amide bonds. The van der Waals surface area contributed by atoms with Crippen LogP contribution in [0.2, 0.25) is 0 Å². The van der Waals surface area contributed by atoms with Gasteiger partial charge in [-0.15, -0.1) is 0 Å². The molecular formula is C24H36F3N5O2. The average molecular weight is 484 g/mol. The number of piperazine rings is 1. The van der Waals surface area contributed by atoms with Crippen molar-refractivity contribution >= 4 is 12.0 Å². The lowest BCUT2D eigenvalue weighted by Gasteiger charge is -2.59. The summed E-state index contributed by atoms with van der Waals surface area (Å²) in [5.41, 5.74) is -0.212. The number of halogens is 3. The highest BCUT2D eigenvalue weighted by Crippen LogP contribution is 2.50. The Morgan fingerprint density at radius 2 is 1.65 bits per heavy atom. The number of rotatable bonds is 4. The van der Waals surface area contributed by atoms with E-state index in [1.807, 2.05) is 18.7 Å². The Kier molecular flexibility index (Phi) is 6.50. The summed E-state index contributed by atoms with van der Waals surface area (Å²) in [6, 6.07) is -0.347.